The summed E-state index contributed by atoms with van der Waals surface area (Å²) in [5.41, 5.74) is 6.32. The van der Waals surface area contributed by atoms with E-state index in [1.54, 1.807) is 16.8 Å². The van der Waals surface area contributed by atoms with Crippen LogP contribution in [-0.2, 0) is 11.3 Å². The van der Waals surface area contributed by atoms with Crippen molar-refractivity contribution in [3.05, 3.63) is 28.7 Å². The number of pyridine rings is 1. The Hall–Kier alpha value is -1.33. The lowest BCUT2D eigenvalue weighted by Gasteiger charge is -2.33. The van der Waals surface area contributed by atoms with Gasteiger partial charge >= 0.3 is 0 Å². The Morgan fingerprint density at radius 3 is 3.06 bits per heavy atom. The molecule has 2 heterocycles. The summed E-state index contributed by atoms with van der Waals surface area (Å²) in [6, 6.07) is 3.63. The molecule has 18 heavy (non-hydrogen) atoms. The van der Waals surface area contributed by atoms with E-state index in [-0.39, 0.29) is 5.56 Å². The molecule has 0 radical (unpaired) electrons. The van der Waals surface area contributed by atoms with Crippen LogP contribution in [0.5, 0.6) is 0 Å². The normalized spacial score (nSPS) is 21.1. The van der Waals surface area contributed by atoms with Crippen LogP contribution >= 0.6 is 0 Å². The molecule has 100 valence electrons. The number of morpholine rings is 1. The Labute approximate surface area is 107 Å². The molecule has 1 saturated heterocycles. The average molecular weight is 251 g/mol. The van der Waals surface area contributed by atoms with Crippen LogP contribution in [0.3, 0.4) is 0 Å². The Kier molecular flexibility index (Phi) is 4.38. The molecule has 1 aromatic rings. The zero-order chi connectivity index (χ0) is 13.0. The largest absolute Gasteiger partial charge is 0.398 e. The van der Waals surface area contributed by atoms with Crippen LogP contribution < -0.4 is 11.3 Å². The Morgan fingerprint density at radius 2 is 2.28 bits per heavy atom. The fourth-order valence-corrected chi connectivity index (χ4v) is 2.26. The molecule has 0 aromatic carbocycles. The van der Waals surface area contributed by atoms with Crippen LogP contribution in [0, 0.1) is 0 Å². The van der Waals surface area contributed by atoms with Crippen LogP contribution in [0.15, 0.2) is 23.1 Å². The van der Waals surface area contributed by atoms with Gasteiger partial charge in [0.1, 0.15) is 0 Å². The first-order valence-electron chi connectivity index (χ1n) is 6.44. The summed E-state index contributed by atoms with van der Waals surface area (Å²) < 4.78 is 7.08. The van der Waals surface area contributed by atoms with E-state index >= 15 is 0 Å². The minimum Gasteiger partial charge on any atom is -0.398 e. The third-order valence-electron chi connectivity index (χ3n) is 3.36. The van der Waals surface area contributed by atoms with Gasteiger partial charge in [0, 0.05) is 43.6 Å². The zero-order valence-electron chi connectivity index (χ0n) is 10.8. The van der Waals surface area contributed by atoms with Crippen LogP contribution in [0.2, 0.25) is 0 Å². The van der Waals surface area contributed by atoms with E-state index in [0.29, 0.717) is 18.3 Å². The molecule has 1 aliphatic heterocycles. The molecule has 1 atom stereocenters. The van der Waals surface area contributed by atoms with E-state index in [1.807, 2.05) is 0 Å². The lowest BCUT2D eigenvalue weighted by molar-refractivity contribution is -0.00112. The quantitative estimate of drug-likeness (QED) is 0.848. The van der Waals surface area contributed by atoms with Crippen LogP contribution in [0.1, 0.15) is 13.3 Å². The second-order valence-corrected chi connectivity index (χ2v) is 4.81. The molecule has 5 heteroatoms. The van der Waals surface area contributed by atoms with E-state index in [4.69, 9.17) is 10.5 Å². The standard InChI is InChI=1S/C13H21N3O2/c1-11-10-18-8-7-15(11)5-2-6-16-9-12(14)3-4-13(16)17/h3-4,9,11H,2,5-8,10,14H2,1H3. The first kappa shape index (κ1) is 13.1. The van der Waals surface area contributed by atoms with Crippen molar-refractivity contribution in [2.75, 3.05) is 32.0 Å². The van der Waals surface area contributed by atoms with Gasteiger partial charge in [0.15, 0.2) is 0 Å². The van der Waals surface area contributed by atoms with Gasteiger partial charge in [0.2, 0.25) is 0 Å². The number of rotatable bonds is 4. The van der Waals surface area contributed by atoms with E-state index in [1.165, 1.54) is 6.07 Å². The van der Waals surface area contributed by atoms with Crippen molar-refractivity contribution in [3.8, 4) is 0 Å². The Balaban J connectivity index is 1.84. The van der Waals surface area contributed by atoms with Crippen molar-refractivity contribution in [2.45, 2.75) is 25.9 Å². The first-order chi connectivity index (χ1) is 8.66. The minimum atomic E-state index is 0.0132. The van der Waals surface area contributed by atoms with Crippen molar-refractivity contribution >= 4 is 5.69 Å². The van der Waals surface area contributed by atoms with Crippen molar-refractivity contribution < 1.29 is 4.74 Å². The van der Waals surface area contributed by atoms with E-state index in [0.717, 1.165) is 32.7 Å². The number of nitrogen functional groups attached to an aromatic ring is 1. The molecule has 0 amide bonds. The molecular formula is C13H21N3O2. The summed E-state index contributed by atoms with van der Waals surface area (Å²) >= 11 is 0. The molecule has 2 N–H and O–H groups in total. The highest BCUT2D eigenvalue weighted by molar-refractivity contribution is 5.33. The number of ether oxygens (including phenoxy) is 1. The summed E-state index contributed by atoms with van der Waals surface area (Å²) in [6.07, 6.45) is 2.67. The van der Waals surface area contributed by atoms with Crippen LogP contribution in [0.4, 0.5) is 5.69 Å². The fourth-order valence-electron chi connectivity index (χ4n) is 2.26. The van der Waals surface area contributed by atoms with Crippen LogP contribution in [-0.4, -0.2) is 41.8 Å². The molecule has 2 rings (SSSR count). The number of nitrogens with zero attached hydrogens (tertiary/aromatic N) is 2. The van der Waals surface area contributed by atoms with Gasteiger partial charge in [-0.3, -0.25) is 9.69 Å². The minimum absolute atomic E-state index is 0.0132. The predicted octanol–water partition coefficient (Wildman–Crippen LogP) is 0.541. The van der Waals surface area contributed by atoms with E-state index in [2.05, 4.69) is 11.8 Å². The van der Waals surface area contributed by atoms with Crippen molar-refractivity contribution in [1.82, 2.24) is 9.47 Å². The van der Waals surface area contributed by atoms with Gasteiger partial charge in [0.25, 0.3) is 5.56 Å². The summed E-state index contributed by atoms with van der Waals surface area (Å²) in [5.74, 6) is 0. The maximum atomic E-state index is 11.6. The summed E-state index contributed by atoms with van der Waals surface area (Å²) in [5, 5.41) is 0. The number of anilines is 1. The number of nitrogens with two attached hydrogens (primary N) is 1. The molecule has 0 saturated carbocycles. The molecule has 1 fully saturated rings. The maximum absolute atomic E-state index is 11.6. The highest BCUT2D eigenvalue weighted by Crippen LogP contribution is 2.07. The highest BCUT2D eigenvalue weighted by Gasteiger charge is 2.17. The summed E-state index contributed by atoms with van der Waals surface area (Å²) in [7, 11) is 0. The molecule has 1 aliphatic rings. The highest BCUT2D eigenvalue weighted by atomic mass is 16.5. The SMILES string of the molecule is CC1COCCN1CCCn1cc(N)ccc1=O. The second-order valence-electron chi connectivity index (χ2n) is 4.81. The van der Waals surface area contributed by atoms with Gasteiger partial charge in [0.05, 0.1) is 13.2 Å². The van der Waals surface area contributed by atoms with E-state index in [9.17, 15) is 4.79 Å². The van der Waals surface area contributed by atoms with Gasteiger partial charge in [-0.15, -0.1) is 0 Å². The zero-order valence-corrected chi connectivity index (χ0v) is 10.8. The van der Waals surface area contributed by atoms with Crippen molar-refractivity contribution in [3.63, 3.8) is 0 Å². The summed E-state index contributed by atoms with van der Waals surface area (Å²) in [4.78, 5) is 14.0. The number of hydrogen-bond acceptors (Lipinski definition) is 4. The second kappa shape index (κ2) is 6.02. The van der Waals surface area contributed by atoms with Gasteiger partial charge in [-0.25, -0.2) is 0 Å². The molecule has 1 aromatic heterocycles. The molecule has 5 nitrogen and oxygen atoms in total. The lowest BCUT2D eigenvalue weighted by atomic mass is 10.2. The smallest absolute Gasteiger partial charge is 0.250 e. The first-order valence-corrected chi connectivity index (χ1v) is 6.44. The molecule has 0 bridgehead atoms. The van der Waals surface area contributed by atoms with E-state index < -0.39 is 0 Å². The predicted molar refractivity (Wildman–Crippen MR) is 71.6 cm³/mol. The molecule has 0 spiro atoms. The number of hydrogen-bond donors (Lipinski definition) is 1. The van der Waals surface area contributed by atoms with Gasteiger partial charge in [-0.1, -0.05) is 0 Å². The van der Waals surface area contributed by atoms with Crippen molar-refractivity contribution in [1.29, 1.82) is 0 Å². The van der Waals surface area contributed by atoms with Gasteiger partial charge in [-0.2, -0.15) is 0 Å². The fraction of sp³-hybridized carbons (Fsp3) is 0.615. The molecule has 1 unspecified atom stereocenters. The monoisotopic (exact) mass is 251 g/mol. The lowest BCUT2D eigenvalue weighted by Crippen LogP contribution is -2.44. The number of aryl methyl sites for hydroxylation is 1. The molecule has 0 aliphatic carbocycles. The third-order valence-corrected chi connectivity index (χ3v) is 3.36. The Morgan fingerprint density at radius 1 is 1.44 bits per heavy atom. The number of aromatic nitrogens is 1. The third kappa shape index (κ3) is 3.34. The van der Waals surface area contributed by atoms with Gasteiger partial charge < -0.3 is 15.0 Å². The maximum Gasteiger partial charge on any atom is 0.250 e. The van der Waals surface area contributed by atoms with Crippen LogP contribution in [0.25, 0.3) is 0 Å². The van der Waals surface area contributed by atoms with Gasteiger partial charge in [-0.05, 0) is 19.4 Å². The molecular weight excluding hydrogens is 230 g/mol. The topological polar surface area (TPSA) is 60.5 Å². The average Bonchev–Trinajstić information content (AvgIpc) is 2.36. The Bertz CT molecular complexity index is 444. The van der Waals surface area contributed by atoms with Crippen molar-refractivity contribution in [2.24, 2.45) is 0 Å². The summed E-state index contributed by atoms with van der Waals surface area (Å²) in [6.45, 7) is 6.47.